The van der Waals surface area contributed by atoms with E-state index < -0.39 is 37.6 Å². The van der Waals surface area contributed by atoms with Crippen molar-refractivity contribution in [3.8, 4) is 0 Å². The molecule has 0 saturated carbocycles. The van der Waals surface area contributed by atoms with E-state index in [0.29, 0.717) is 24.3 Å². The fraction of sp³-hybridized carbons (Fsp3) is 0.625. The van der Waals surface area contributed by atoms with E-state index in [1.54, 1.807) is 0 Å². The first-order chi connectivity index (χ1) is 13.0. The number of hydrogen-bond acceptors (Lipinski definition) is 6. The van der Waals surface area contributed by atoms with Crippen molar-refractivity contribution in [2.75, 3.05) is 26.4 Å². The quantitative estimate of drug-likeness (QED) is 0.274. The fourth-order valence-corrected chi connectivity index (χ4v) is 5.35. The van der Waals surface area contributed by atoms with E-state index in [9.17, 15) is 26.7 Å². The van der Waals surface area contributed by atoms with Crippen LogP contribution in [0.2, 0.25) is 0 Å². The molecule has 0 bridgehead atoms. The monoisotopic (exact) mass is 450 g/mol. The second-order valence-electron chi connectivity index (χ2n) is 5.33. The SMILES string of the molecule is CCOP(=O)(OCC)C(F)(F)c1ccc(C(F)(F)P(=O)(OCC)OCC)cc1. The third-order valence-corrected chi connectivity index (χ3v) is 7.75. The molecule has 0 amide bonds. The van der Waals surface area contributed by atoms with Crippen LogP contribution >= 0.6 is 15.2 Å². The van der Waals surface area contributed by atoms with Gasteiger partial charge in [0.05, 0.1) is 26.4 Å². The molecule has 1 rings (SSSR count). The zero-order valence-electron chi connectivity index (χ0n) is 16.0. The number of alkyl halides is 4. The van der Waals surface area contributed by atoms with Gasteiger partial charge in [-0.1, -0.05) is 24.3 Å². The number of rotatable bonds is 12. The van der Waals surface area contributed by atoms with E-state index in [2.05, 4.69) is 18.1 Å². The van der Waals surface area contributed by atoms with E-state index in [1.165, 1.54) is 27.7 Å². The van der Waals surface area contributed by atoms with Gasteiger partial charge in [-0.3, -0.25) is 9.13 Å². The summed E-state index contributed by atoms with van der Waals surface area (Å²) in [6, 6.07) is 2.60. The van der Waals surface area contributed by atoms with Crippen LogP contribution in [0.15, 0.2) is 24.3 Å². The first kappa shape index (κ1) is 25.3. The molecule has 12 heteroatoms. The van der Waals surface area contributed by atoms with Crippen molar-refractivity contribution in [3.63, 3.8) is 0 Å². The van der Waals surface area contributed by atoms with Gasteiger partial charge >= 0.3 is 26.5 Å². The first-order valence-electron chi connectivity index (χ1n) is 8.60. The molecule has 6 nitrogen and oxygen atoms in total. The van der Waals surface area contributed by atoms with Crippen LogP contribution in [0.5, 0.6) is 0 Å². The largest absolute Gasteiger partial charge is 0.404 e. The molecular formula is C16H24F4O6P2. The normalized spacial score (nSPS) is 13.7. The summed E-state index contributed by atoms with van der Waals surface area (Å²) in [5.74, 6) is 0. The number of benzene rings is 1. The molecule has 0 aliphatic rings. The van der Waals surface area contributed by atoms with Crippen molar-refractivity contribution in [2.45, 2.75) is 39.0 Å². The van der Waals surface area contributed by atoms with Gasteiger partial charge in [0.15, 0.2) is 0 Å². The molecule has 0 unspecified atom stereocenters. The highest BCUT2D eigenvalue weighted by atomic mass is 31.2. The molecule has 0 aromatic heterocycles. The Balaban J connectivity index is 3.32. The zero-order chi connectivity index (χ0) is 21.6. The van der Waals surface area contributed by atoms with Gasteiger partial charge in [0.2, 0.25) is 0 Å². The molecule has 0 atom stereocenters. The van der Waals surface area contributed by atoms with Gasteiger partial charge in [-0.2, -0.15) is 17.6 Å². The third-order valence-electron chi connectivity index (χ3n) is 3.46. The summed E-state index contributed by atoms with van der Waals surface area (Å²) in [6.45, 7) is 4.28. The van der Waals surface area contributed by atoms with Crippen molar-refractivity contribution in [1.29, 1.82) is 0 Å². The lowest BCUT2D eigenvalue weighted by Crippen LogP contribution is -2.20. The molecular weight excluding hydrogens is 426 g/mol. The Kier molecular flexibility index (Phi) is 8.87. The predicted molar refractivity (Wildman–Crippen MR) is 95.9 cm³/mol. The van der Waals surface area contributed by atoms with E-state index in [0.717, 1.165) is 0 Å². The van der Waals surface area contributed by atoms with E-state index in [-0.39, 0.29) is 26.4 Å². The van der Waals surface area contributed by atoms with Crippen LogP contribution in [-0.2, 0) is 38.6 Å². The van der Waals surface area contributed by atoms with Gasteiger partial charge in [-0.25, -0.2) is 0 Å². The number of hydrogen-bond donors (Lipinski definition) is 0. The Hall–Kier alpha value is -0.760. The topological polar surface area (TPSA) is 71.1 Å². The van der Waals surface area contributed by atoms with Gasteiger partial charge in [0, 0.05) is 11.1 Å². The lowest BCUT2D eigenvalue weighted by atomic mass is 10.1. The fourth-order valence-electron chi connectivity index (χ4n) is 2.27. The summed E-state index contributed by atoms with van der Waals surface area (Å²) in [4.78, 5) is 0. The molecule has 0 N–H and O–H groups in total. The Bertz CT molecular complexity index is 645. The average Bonchev–Trinajstić information content (AvgIpc) is 2.62. The zero-order valence-corrected chi connectivity index (χ0v) is 17.8. The van der Waals surface area contributed by atoms with Crippen LogP contribution in [0.4, 0.5) is 17.6 Å². The molecule has 0 spiro atoms. The smallest absolute Gasteiger partial charge is 0.304 e. The van der Waals surface area contributed by atoms with Gasteiger partial charge < -0.3 is 18.1 Å². The summed E-state index contributed by atoms with van der Waals surface area (Å²) in [5, 5.41) is 0. The van der Waals surface area contributed by atoms with Crippen molar-refractivity contribution >= 4 is 15.2 Å². The molecule has 28 heavy (non-hydrogen) atoms. The van der Waals surface area contributed by atoms with Crippen LogP contribution in [0, 0.1) is 0 Å². The van der Waals surface area contributed by atoms with Crippen LogP contribution in [0.3, 0.4) is 0 Å². The molecule has 0 saturated heterocycles. The minimum Gasteiger partial charge on any atom is -0.304 e. The average molecular weight is 450 g/mol. The maximum Gasteiger partial charge on any atom is 0.404 e. The Morgan fingerprint density at radius 2 is 0.857 bits per heavy atom. The minimum atomic E-state index is -4.88. The van der Waals surface area contributed by atoms with Crippen LogP contribution < -0.4 is 0 Å². The van der Waals surface area contributed by atoms with E-state index in [4.69, 9.17) is 0 Å². The van der Waals surface area contributed by atoms with Gasteiger partial charge in [0.25, 0.3) is 0 Å². The maximum atomic E-state index is 14.7. The lowest BCUT2D eigenvalue weighted by Gasteiger charge is -2.28. The summed E-state index contributed by atoms with van der Waals surface area (Å²) < 4.78 is 102. The highest BCUT2D eigenvalue weighted by Gasteiger charge is 2.57. The van der Waals surface area contributed by atoms with Gasteiger partial charge in [-0.15, -0.1) is 0 Å². The molecule has 162 valence electrons. The lowest BCUT2D eigenvalue weighted by molar-refractivity contribution is 0.0331. The molecule has 1 aromatic carbocycles. The molecule has 1 aromatic rings. The van der Waals surface area contributed by atoms with Gasteiger partial charge in [-0.05, 0) is 27.7 Å². The molecule has 0 radical (unpaired) electrons. The van der Waals surface area contributed by atoms with E-state index in [1.807, 2.05) is 0 Å². The molecule has 0 aliphatic heterocycles. The second-order valence-corrected chi connectivity index (χ2v) is 9.47. The van der Waals surface area contributed by atoms with Crippen molar-refractivity contribution in [3.05, 3.63) is 35.4 Å². The third kappa shape index (κ3) is 4.86. The van der Waals surface area contributed by atoms with Gasteiger partial charge in [0.1, 0.15) is 0 Å². The van der Waals surface area contributed by atoms with E-state index >= 15 is 0 Å². The summed E-state index contributed by atoms with van der Waals surface area (Å²) >= 11 is 0. The molecule has 0 heterocycles. The van der Waals surface area contributed by atoms with Crippen LogP contribution in [-0.4, -0.2) is 26.4 Å². The van der Waals surface area contributed by atoms with Crippen molar-refractivity contribution < 1.29 is 44.8 Å². The van der Waals surface area contributed by atoms with Crippen LogP contribution in [0.25, 0.3) is 0 Å². The Morgan fingerprint density at radius 1 is 0.643 bits per heavy atom. The molecule has 0 fully saturated rings. The minimum absolute atomic E-state index is 0.297. The Labute approximate surface area is 161 Å². The van der Waals surface area contributed by atoms with Crippen LogP contribution in [0.1, 0.15) is 38.8 Å². The Morgan fingerprint density at radius 3 is 1.04 bits per heavy atom. The van der Waals surface area contributed by atoms with Crippen molar-refractivity contribution in [2.24, 2.45) is 0 Å². The number of halogens is 4. The van der Waals surface area contributed by atoms with Crippen molar-refractivity contribution in [1.82, 2.24) is 0 Å². The maximum absolute atomic E-state index is 14.7. The summed E-state index contributed by atoms with van der Waals surface area (Å²) in [7, 11) is -9.76. The highest BCUT2D eigenvalue weighted by Crippen LogP contribution is 2.68. The predicted octanol–water partition coefficient (Wildman–Crippen LogP) is 6.32. The second kappa shape index (κ2) is 9.83. The standard InChI is InChI=1S/C16H24F4O6P2/c1-5-23-27(21,24-6-2)15(17,18)13-9-11-14(12-10-13)16(19,20)28(22,25-7-3)26-8-4/h9-12H,5-8H2,1-4H3. The molecule has 0 aliphatic carbocycles. The highest BCUT2D eigenvalue weighted by molar-refractivity contribution is 7.55. The first-order valence-corrected chi connectivity index (χ1v) is 11.7. The summed E-state index contributed by atoms with van der Waals surface area (Å²) in [6.07, 6.45) is 0. The summed E-state index contributed by atoms with van der Waals surface area (Å²) in [5.41, 5.74) is -9.84.